The van der Waals surface area contributed by atoms with Crippen molar-refractivity contribution < 1.29 is 0 Å². The van der Waals surface area contributed by atoms with E-state index in [4.69, 9.17) is 9.97 Å². The van der Waals surface area contributed by atoms with Crippen LogP contribution in [-0.2, 0) is 6.42 Å². The molecule has 0 atom stereocenters. The molecule has 2 aromatic heterocycles. The number of imidazole rings is 1. The summed E-state index contributed by atoms with van der Waals surface area (Å²) in [6.45, 7) is 2.16. The van der Waals surface area contributed by atoms with Gasteiger partial charge in [-0.05, 0) is 30.7 Å². The first-order valence-corrected chi connectivity index (χ1v) is 10.1. The molecule has 0 aliphatic rings. The largest absolute Gasteiger partial charge is 0.338 e. The van der Waals surface area contributed by atoms with Crippen LogP contribution in [0, 0.1) is 6.92 Å². The van der Waals surface area contributed by atoms with Crippen molar-refractivity contribution in [1.82, 2.24) is 15.0 Å². The number of thiazole rings is 1. The quantitative estimate of drug-likeness (QED) is 0.399. The van der Waals surface area contributed by atoms with Gasteiger partial charge in [0.1, 0.15) is 10.8 Å². The molecule has 3 aromatic carbocycles. The molecule has 5 rings (SSSR count). The van der Waals surface area contributed by atoms with Gasteiger partial charge in [0.05, 0.1) is 16.7 Å². The molecule has 3 nitrogen and oxygen atoms in total. The maximum absolute atomic E-state index is 4.94. The van der Waals surface area contributed by atoms with Crippen LogP contribution in [-0.4, -0.2) is 15.0 Å². The maximum Gasteiger partial charge on any atom is 0.138 e. The van der Waals surface area contributed by atoms with Gasteiger partial charge in [-0.2, -0.15) is 0 Å². The van der Waals surface area contributed by atoms with Crippen LogP contribution in [0.5, 0.6) is 0 Å². The number of benzene rings is 3. The van der Waals surface area contributed by atoms with Gasteiger partial charge in [0.25, 0.3) is 0 Å². The number of rotatable bonds is 4. The summed E-state index contributed by atoms with van der Waals surface area (Å²) in [7, 11) is 0. The van der Waals surface area contributed by atoms with E-state index in [0.29, 0.717) is 0 Å². The van der Waals surface area contributed by atoms with Crippen LogP contribution in [0.15, 0.2) is 78.9 Å². The summed E-state index contributed by atoms with van der Waals surface area (Å²) in [5, 5.41) is 1.06. The van der Waals surface area contributed by atoms with Crippen molar-refractivity contribution in [2.24, 2.45) is 0 Å². The van der Waals surface area contributed by atoms with Crippen LogP contribution in [0.1, 0.15) is 16.1 Å². The van der Waals surface area contributed by atoms with Crippen molar-refractivity contribution in [3.63, 3.8) is 0 Å². The van der Waals surface area contributed by atoms with E-state index in [9.17, 15) is 0 Å². The lowest BCUT2D eigenvalue weighted by molar-refractivity contribution is 1.09. The Morgan fingerprint density at radius 3 is 2.46 bits per heavy atom. The van der Waals surface area contributed by atoms with Gasteiger partial charge in [-0.25, -0.2) is 9.97 Å². The number of aryl methyl sites for hydroxylation is 1. The number of H-pyrrole nitrogens is 1. The van der Waals surface area contributed by atoms with E-state index in [0.717, 1.165) is 45.1 Å². The van der Waals surface area contributed by atoms with Crippen molar-refractivity contribution in [3.05, 3.63) is 95.0 Å². The number of aromatic nitrogens is 3. The van der Waals surface area contributed by atoms with Crippen LogP contribution in [0.25, 0.3) is 33.0 Å². The number of hydrogen-bond donors (Lipinski definition) is 1. The molecule has 0 aliphatic carbocycles. The zero-order chi connectivity index (χ0) is 18.9. The summed E-state index contributed by atoms with van der Waals surface area (Å²) in [6.07, 6.45) is 0.867. The van der Waals surface area contributed by atoms with E-state index in [1.54, 1.807) is 11.3 Å². The minimum Gasteiger partial charge on any atom is -0.338 e. The molecule has 136 valence electrons. The molecule has 5 aromatic rings. The van der Waals surface area contributed by atoms with E-state index in [2.05, 4.69) is 66.5 Å². The van der Waals surface area contributed by atoms with Gasteiger partial charge < -0.3 is 4.98 Å². The first-order chi connectivity index (χ1) is 13.8. The molecule has 4 heteroatoms. The summed E-state index contributed by atoms with van der Waals surface area (Å²) < 4.78 is 0. The standard InChI is InChI=1S/C24H19N3S/c1-16-22(14-17-8-3-2-4-9-17)27-24(28-16)19-11-7-10-18(15-19)23-25-20-12-5-6-13-21(20)26-23/h2-13,15H,14H2,1H3,(H,25,26). The Bertz CT molecular complexity index is 1220. The van der Waals surface area contributed by atoms with Gasteiger partial charge >= 0.3 is 0 Å². The minimum absolute atomic E-state index is 0.867. The third-order valence-electron chi connectivity index (χ3n) is 4.88. The lowest BCUT2D eigenvalue weighted by Crippen LogP contribution is -1.90. The summed E-state index contributed by atoms with van der Waals surface area (Å²) in [5.41, 5.74) is 6.69. The SMILES string of the molecule is Cc1sc(-c2cccc(-c3nc4ccccc4[nH]3)c2)nc1Cc1ccccc1. The predicted molar refractivity (Wildman–Crippen MR) is 117 cm³/mol. The normalized spacial score (nSPS) is 11.2. The van der Waals surface area contributed by atoms with E-state index in [-0.39, 0.29) is 0 Å². The van der Waals surface area contributed by atoms with Crippen molar-refractivity contribution in [2.75, 3.05) is 0 Å². The Balaban J connectivity index is 1.49. The van der Waals surface area contributed by atoms with Crippen LogP contribution in [0.2, 0.25) is 0 Å². The molecule has 0 spiro atoms. The lowest BCUT2D eigenvalue weighted by Gasteiger charge is -2.01. The highest BCUT2D eigenvalue weighted by molar-refractivity contribution is 7.15. The molecule has 0 amide bonds. The zero-order valence-corrected chi connectivity index (χ0v) is 16.3. The van der Waals surface area contributed by atoms with Crippen LogP contribution in [0.4, 0.5) is 0 Å². The second-order valence-corrected chi connectivity index (χ2v) is 8.07. The van der Waals surface area contributed by atoms with Gasteiger partial charge in [-0.15, -0.1) is 11.3 Å². The zero-order valence-electron chi connectivity index (χ0n) is 15.5. The Morgan fingerprint density at radius 2 is 1.61 bits per heavy atom. The highest BCUT2D eigenvalue weighted by atomic mass is 32.1. The molecule has 0 bridgehead atoms. The average molecular weight is 382 g/mol. The third kappa shape index (κ3) is 3.23. The summed E-state index contributed by atoms with van der Waals surface area (Å²) in [5.74, 6) is 0.890. The predicted octanol–water partition coefficient (Wildman–Crippen LogP) is 6.25. The highest BCUT2D eigenvalue weighted by Gasteiger charge is 2.12. The average Bonchev–Trinajstić information content (AvgIpc) is 3.33. The topological polar surface area (TPSA) is 41.6 Å². The van der Waals surface area contributed by atoms with Crippen molar-refractivity contribution >= 4 is 22.4 Å². The van der Waals surface area contributed by atoms with Gasteiger partial charge in [-0.3, -0.25) is 0 Å². The number of aromatic amines is 1. The Hall–Kier alpha value is -3.24. The fourth-order valence-electron chi connectivity index (χ4n) is 3.39. The summed E-state index contributed by atoms with van der Waals surface area (Å²) >= 11 is 1.75. The second kappa shape index (κ2) is 7.06. The molecule has 28 heavy (non-hydrogen) atoms. The number of hydrogen-bond acceptors (Lipinski definition) is 3. The molecule has 0 radical (unpaired) electrons. The third-order valence-corrected chi connectivity index (χ3v) is 5.94. The molecular formula is C24H19N3S. The molecule has 0 fully saturated rings. The maximum atomic E-state index is 4.94. The first-order valence-electron chi connectivity index (χ1n) is 9.32. The van der Waals surface area contributed by atoms with Gasteiger partial charge in [0, 0.05) is 22.4 Å². The Kier molecular flexibility index (Phi) is 4.26. The molecule has 0 aliphatic heterocycles. The van der Waals surface area contributed by atoms with E-state index in [1.807, 2.05) is 24.3 Å². The molecule has 2 heterocycles. The molecule has 0 saturated heterocycles. The van der Waals surface area contributed by atoms with Crippen LogP contribution < -0.4 is 0 Å². The van der Waals surface area contributed by atoms with Crippen molar-refractivity contribution in [1.29, 1.82) is 0 Å². The van der Waals surface area contributed by atoms with E-state index in [1.165, 1.54) is 10.4 Å². The first kappa shape index (κ1) is 16.9. The molecule has 0 unspecified atom stereocenters. The van der Waals surface area contributed by atoms with Gasteiger partial charge in [0.15, 0.2) is 0 Å². The minimum atomic E-state index is 0.867. The number of nitrogens with zero attached hydrogens (tertiary/aromatic N) is 2. The number of fused-ring (bicyclic) bond motifs is 1. The van der Waals surface area contributed by atoms with Crippen molar-refractivity contribution in [3.8, 4) is 22.0 Å². The summed E-state index contributed by atoms with van der Waals surface area (Å²) in [6, 6.07) is 27.1. The van der Waals surface area contributed by atoms with Crippen LogP contribution >= 0.6 is 11.3 Å². The molecule has 0 saturated carbocycles. The fraction of sp³-hybridized carbons (Fsp3) is 0.0833. The summed E-state index contributed by atoms with van der Waals surface area (Å²) in [4.78, 5) is 14.3. The Morgan fingerprint density at radius 1 is 0.821 bits per heavy atom. The highest BCUT2D eigenvalue weighted by Crippen LogP contribution is 2.31. The molecular weight excluding hydrogens is 362 g/mol. The van der Waals surface area contributed by atoms with Gasteiger partial charge in [0.2, 0.25) is 0 Å². The van der Waals surface area contributed by atoms with Crippen molar-refractivity contribution in [2.45, 2.75) is 13.3 Å². The van der Waals surface area contributed by atoms with E-state index >= 15 is 0 Å². The number of nitrogens with one attached hydrogen (secondary N) is 1. The lowest BCUT2D eigenvalue weighted by atomic mass is 10.1. The van der Waals surface area contributed by atoms with Gasteiger partial charge in [-0.1, -0.05) is 60.7 Å². The van der Waals surface area contributed by atoms with E-state index < -0.39 is 0 Å². The second-order valence-electron chi connectivity index (χ2n) is 6.87. The smallest absolute Gasteiger partial charge is 0.138 e. The monoisotopic (exact) mass is 381 g/mol. The fourth-order valence-corrected chi connectivity index (χ4v) is 4.32. The Labute approximate surface area is 167 Å². The van der Waals surface area contributed by atoms with Crippen LogP contribution in [0.3, 0.4) is 0 Å². The number of para-hydroxylation sites is 2. The molecule has 1 N–H and O–H groups in total.